The molecule has 1 saturated heterocycles. The number of carbonyl (C=O) groups excluding carboxylic acids is 2. The van der Waals surface area contributed by atoms with Gasteiger partial charge in [0.1, 0.15) is 17.4 Å². The lowest BCUT2D eigenvalue weighted by Crippen LogP contribution is -2.48. The molecule has 2 aromatic heterocycles. The second-order valence-corrected chi connectivity index (χ2v) is 13.4. The molecule has 0 radical (unpaired) electrons. The molecule has 11 heteroatoms. The van der Waals surface area contributed by atoms with E-state index in [0.29, 0.717) is 25.1 Å². The molecule has 8 nitrogen and oxygen atoms in total. The highest BCUT2D eigenvalue weighted by Crippen LogP contribution is 2.35. The van der Waals surface area contributed by atoms with Crippen molar-refractivity contribution < 1.29 is 23.5 Å². The summed E-state index contributed by atoms with van der Waals surface area (Å²) in [5, 5.41) is 20.2. The largest absolute Gasteiger partial charge is 0.390 e. The zero-order chi connectivity index (χ0) is 33.6. The van der Waals surface area contributed by atoms with Crippen LogP contribution in [0.3, 0.4) is 0 Å². The van der Waals surface area contributed by atoms with Crippen LogP contribution in [0.15, 0.2) is 72.4 Å². The molecule has 0 aliphatic carbocycles. The molecule has 0 bridgehead atoms. The van der Waals surface area contributed by atoms with E-state index in [1.807, 2.05) is 42.6 Å². The molecule has 2 aromatic carbocycles. The standard InChI is InChI=1S/C36H41F2N5O3S/c1-23-22-47-34(41-23)31-10-7-11-43(31)35(46)28-13-25(17-37)12-27(16-28)33(45)42-30(15-24-8-5-4-6-9-24)32(44)21-40-19-26-14-29(20-39-18-26)36(2,3)38/h4-6,8-9,12-14,16,18,20,22,30-32,40,44H,7,10-11,15,17,19,21H2,1-3H3,(H,42,45)/t30-,31+,32+/m0/s1. The third-order valence-corrected chi connectivity index (χ3v) is 9.40. The first kappa shape index (κ1) is 34.3. The fourth-order valence-corrected chi connectivity index (χ4v) is 6.74. The summed E-state index contributed by atoms with van der Waals surface area (Å²) in [7, 11) is 0. The molecule has 1 fully saturated rings. The second-order valence-electron chi connectivity index (χ2n) is 12.6. The highest BCUT2D eigenvalue weighted by atomic mass is 32.1. The number of aliphatic hydroxyl groups is 1. The number of nitrogens with one attached hydrogen (secondary N) is 2. The van der Waals surface area contributed by atoms with Crippen molar-refractivity contribution in [2.45, 2.75) is 77.1 Å². The number of hydrogen-bond donors (Lipinski definition) is 3. The lowest BCUT2D eigenvalue weighted by atomic mass is 9.99. The van der Waals surface area contributed by atoms with Crippen LogP contribution in [-0.4, -0.2) is 57.0 Å². The van der Waals surface area contributed by atoms with Crippen LogP contribution in [0, 0.1) is 6.92 Å². The second kappa shape index (κ2) is 15.2. The van der Waals surface area contributed by atoms with Crippen LogP contribution in [0.5, 0.6) is 0 Å². The minimum atomic E-state index is -1.53. The molecule has 3 N–H and O–H groups in total. The van der Waals surface area contributed by atoms with Crippen molar-refractivity contribution in [2.24, 2.45) is 0 Å². The van der Waals surface area contributed by atoms with Gasteiger partial charge in [0, 0.05) is 59.8 Å². The summed E-state index contributed by atoms with van der Waals surface area (Å²) >= 11 is 1.52. The van der Waals surface area contributed by atoms with Crippen molar-refractivity contribution in [1.29, 1.82) is 0 Å². The Balaban J connectivity index is 1.31. The maximum Gasteiger partial charge on any atom is 0.254 e. The van der Waals surface area contributed by atoms with E-state index < -0.39 is 30.4 Å². The molecule has 248 valence electrons. The molecule has 47 heavy (non-hydrogen) atoms. The van der Waals surface area contributed by atoms with Crippen molar-refractivity contribution in [3.8, 4) is 0 Å². The number of halogens is 2. The van der Waals surface area contributed by atoms with Crippen LogP contribution >= 0.6 is 11.3 Å². The third-order valence-electron chi connectivity index (χ3n) is 8.34. The lowest BCUT2D eigenvalue weighted by Gasteiger charge is -2.26. The zero-order valence-corrected chi connectivity index (χ0v) is 27.7. The van der Waals surface area contributed by atoms with Gasteiger partial charge in [-0.25, -0.2) is 13.8 Å². The highest BCUT2D eigenvalue weighted by molar-refractivity contribution is 7.09. The minimum Gasteiger partial charge on any atom is -0.390 e. The number of alkyl halides is 2. The molecule has 3 heterocycles. The molecule has 1 aliphatic heterocycles. The van der Waals surface area contributed by atoms with Gasteiger partial charge in [0.15, 0.2) is 0 Å². The van der Waals surface area contributed by atoms with Gasteiger partial charge in [-0.05, 0) is 81.0 Å². The summed E-state index contributed by atoms with van der Waals surface area (Å²) < 4.78 is 28.5. The van der Waals surface area contributed by atoms with E-state index in [9.17, 15) is 23.5 Å². The summed E-state index contributed by atoms with van der Waals surface area (Å²) in [5.74, 6) is -0.797. The van der Waals surface area contributed by atoms with E-state index >= 15 is 0 Å². The Labute approximate surface area is 278 Å². The van der Waals surface area contributed by atoms with Crippen molar-refractivity contribution in [1.82, 2.24) is 25.5 Å². The average molecular weight is 662 g/mol. The van der Waals surface area contributed by atoms with Crippen LogP contribution in [0.4, 0.5) is 8.78 Å². The Hall–Kier alpha value is -4.06. The molecule has 2 amide bonds. The van der Waals surface area contributed by atoms with E-state index in [1.54, 1.807) is 17.2 Å². The molecular formula is C36H41F2N5O3S. The van der Waals surface area contributed by atoms with E-state index in [0.717, 1.165) is 34.7 Å². The van der Waals surface area contributed by atoms with E-state index in [1.165, 1.54) is 49.6 Å². The van der Waals surface area contributed by atoms with Crippen LogP contribution < -0.4 is 10.6 Å². The summed E-state index contributed by atoms with van der Waals surface area (Å²) in [6, 6.07) is 14.8. The molecule has 0 spiro atoms. The lowest BCUT2D eigenvalue weighted by molar-refractivity contribution is 0.0735. The van der Waals surface area contributed by atoms with Gasteiger partial charge >= 0.3 is 0 Å². The zero-order valence-electron chi connectivity index (χ0n) is 26.9. The van der Waals surface area contributed by atoms with Gasteiger partial charge in [0.05, 0.1) is 18.2 Å². The normalized spacial score (nSPS) is 16.2. The average Bonchev–Trinajstić information content (AvgIpc) is 3.73. The molecule has 0 unspecified atom stereocenters. The predicted octanol–water partition coefficient (Wildman–Crippen LogP) is 5.99. The molecular weight excluding hydrogens is 620 g/mol. The number of carbonyl (C=O) groups is 2. The number of thiazole rings is 1. The number of aliphatic hydroxyl groups excluding tert-OH is 1. The van der Waals surface area contributed by atoms with Gasteiger partial charge in [-0.15, -0.1) is 11.3 Å². The fraction of sp³-hybridized carbons (Fsp3) is 0.389. The minimum absolute atomic E-state index is 0.127. The first-order chi connectivity index (χ1) is 22.5. The van der Waals surface area contributed by atoms with Crippen molar-refractivity contribution in [2.75, 3.05) is 13.1 Å². The number of aromatic nitrogens is 2. The van der Waals surface area contributed by atoms with Gasteiger partial charge in [-0.2, -0.15) is 0 Å². The summed E-state index contributed by atoms with van der Waals surface area (Å²) in [6.07, 6.45) is 4.07. The summed E-state index contributed by atoms with van der Waals surface area (Å²) in [5.41, 5.74) is 2.08. The van der Waals surface area contributed by atoms with E-state index in [-0.39, 0.29) is 35.2 Å². The number of likely N-dealkylation sites (tertiary alicyclic amines) is 1. The van der Waals surface area contributed by atoms with Crippen molar-refractivity contribution in [3.63, 3.8) is 0 Å². The predicted molar refractivity (Wildman–Crippen MR) is 179 cm³/mol. The van der Waals surface area contributed by atoms with Crippen LogP contribution in [-0.2, 0) is 25.3 Å². The van der Waals surface area contributed by atoms with E-state index in [2.05, 4.69) is 20.6 Å². The monoisotopic (exact) mass is 661 g/mol. The first-order valence-corrected chi connectivity index (χ1v) is 16.7. The van der Waals surface area contributed by atoms with E-state index in [4.69, 9.17) is 0 Å². The van der Waals surface area contributed by atoms with Crippen LogP contribution in [0.1, 0.15) is 86.4 Å². The Bertz CT molecular complexity index is 1680. The van der Waals surface area contributed by atoms with Gasteiger partial charge in [-0.1, -0.05) is 30.3 Å². The Morgan fingerprint density at radius 1 is 1.09 bits per heavy atom. The number of amides is 2. The third kappa shape index (κ3) is 8.85. The summed E-state index contributed by atoms with van der Waals surface area (Å²) in [6.45, 7) is 5.02. The molecule has 4 aromatic rings. The van der Waals surface area contributed by atoms with Crippen molar-refractivity contribution in [3.05, 3.63) is 116 Å². The van der Waals surface area contributed by atoms with Crippen LogP contribution in [0.25, 0.3) is 0 Å². The Kier molecular flexibility index (Phi) is 11.1. The van der Waals surface area contributed by atoms with Gasteiger partial charge in [0.25, 0.3) is 11.8 Å². The molecule has 0 saturated carbocycles. The quantitative estimate of drug-likeness (QED) is 0.163. The van der Waals surface area contributed by atoms with Crippen molar-refractivity contribution >= 4 is 23.2 Å². The molecule has 3 atom stereocenters. The topological polar surface area (TPSA) is 107 Å². The number of benzene rings is 2. The van der Waals surface area contributed by atoms with Gasteiger partial charge in [-0.3, -0.25) is 14.6 Å². The first-order valence-electron chi connectivity index (χ1n) is 15.8. The molecule has 1 aliphatic rings. The number of aryl methyl sites for hydroxylation is 1. The number of rotatable bonds is 13. The smallest absolute Gasteiger partial charge is 0.254 e. The maximum atomic E-state index is 14.4. The summed E-state index contributed by atoms with van der Waals surface area (Å²) in [4.78, 5) is 37.9. The Morgan fingerprint density at radius 2 is 1.85 bits per heavy atom. The van der Waals surface area contributed by atoms with Gasteiger partial charge < -0.3 is 20.6 Å². The highest BCUT2D eigenvalue weighted by Gasteiger charge is 2.33. The van der Waals surface area contributed by atoms with Gasteiger partial charge in [0.2, 0.25) is 0 Å². The number of hydrogen-bond acceptors (Lipinski definition) is 7. The number of nitrogens with zero attached hydrogens (tertiary/aromatic N) is 3. The van der Waals surface area contributed by atoms with Crippen LogP contribution in [0.2, 0.25) is 0 Å². The Morgan fingerprint density at radius 3 is 2.55 bits per heavy atom. The molecule has 5 rings (SSSR count). The maximum absolute atomic E-state index is 14.4. The fourth-order valence-electron chi connectivity index (χ4n) is 5.80. The SMILES string of the molecule is Cc1csc([C@H]2CCCN2C(=O)c2cc(CF)cc(C(=O)N[C@@H](Cc3ccccc3)[C@H](O)CNCc3cncc(C(C)(C)F)c3)c2)n1. The number of pyridine rings is 1.